The molecule has 1 heterocycles. The molecule has 0 bridgehead atoms. The van der Waals surface area contributed by atoms with Gasteiger partial charge in [0.1, 0.15) is 12.0 Å². The molecule has 29 heavy (non-hydrogen) atoms. The Morgan fingerprint density at radius 3 is 1.34 bits per heavy atom. The number of hydrogen-bond donors (Lipinski definition) is 5. The first-order chi connectivity index (χ1) is 13.1. The van der Waals surface area contributed by atoms with Gasteiger partial charge in [-0.05, 0) is 20.8 Å². The summed E-state index contributed by atoms with van der Waals surface area (Å²) in [4.78, 5) is 43.4. The van der Waals surface area contributed by atoms with Crippen LogP contribution in [-0.4, -0.2) is 45.2 Å². The number of anilines is 3. The molecule has 5 N–H and O–H groups in total. The molecule has 0 aliphatic carbocycles. The minimum Gasteiger partial charge on any atom is -0.316 e. The van der Waals surface area contributed by atoms with E-state index in [0.717, 1.165) is 6.33 Å². The lowest BCUT2D eigenvalue weighted by atomic mass is 10.2. The Balaban J connectivity index is 0.00000139. The maximum Gasteiger partial charge on any atom is 0.394 e. The van der Waals surface area contributed by atoms with E-state index in [9.17, 15) is 14.4 Å². The molecule has 0 unspecified atom stereocenters. The minimum absolute atomic E-state index is 0.0182. The molecule has 13 heteroatoms. The number of carbonyl (C=O) groups is 3. The molecule has 0 saturated heterocycles. The molecule has 0 atom stereocenters. The van der Waals surface area contributed by atoms with Gasteiger partial charge in [0, 0.05) is 16.7 Å². The van der Waals surface area contributed by atoms with Crippen molar-refractivity contribution in [3.63, 3.8) is 0 Å². The molecule has 158 valence electrons. The van der Waals surface area contributed by atoms with Crippen molar-refractivity contribution in [3.05, 3.63) is 42.8 Å². The first-order valence-corrected chi connectivity index (χ1v) is 8.98. The highest BCUT2D eigenvalue weighted by Gasteiger charge is 2.18. The lowest BCUT2D eigenvalue weighted by Gasteiger charge is -2.15. The van der Waals surface area contributed by atoms with Crippen molar-refractivity contribution in [2.45, 2.75) is 20.8 Å². The third kappa shape index (κ3) is 10.5. The number of rotatable bonds is 6. The second kappa shape index (κ2) is 10.8. The summed E-state index contributed by atoms with van der Waals surface area (Å²) in [6.07, 6.45) is 1.14. The van der Waals surface area contributed by atoms with Crippen LogP contribution in [0.3, 0.4) is 0 Å². The number of hydrogen-bond acceptors (Lipinski definition) is 7. The van der Waals surface area contributed by atoms with Gasteiger partial charge in [-0.15, -0.1) is 0 Å². The highest BCUT2D eigenvalue weighted by atomic mass is 32.3. The van der Waals surface area contributed by atoms with Gasteiger partial charge in [0.15, 0.2) is 11.6 Å². The molecule has 1 aromatic heterocycles. The van der Waals surface area contributed by atoms with Crippen molar-refractivity contribution in [1.29, 1.82) is 0 Å². The zero-order valence-corrected chi connectivity index (χ0v) is 16.8. The largest absolute Gasteiger partial charge is 0.394 e. The Hall–Kier alpha value is -3.42. The predicted molar refractivity (Wildman–Crippen MR) is 107 cm³/mol. The second-order valence-electron chi connectivity index (χ2n) is 5.60. The fourth-order valence-electron chi connectivity index (χ4n) is 1.34. The SMILES string of the molecule is C=C(C)C(=O)Nc1ncnc(NC(=O)C(=C)C)c1NC(=O)C(=C)C.O=S(=O)(O)O. The highest BCUT2D eigenvalue weighted by molar-refractivity contribution is 7.79. The van der Waals surface area contributed by atoms with Crippen LogP contribution in [0, 0.1) is 0 Å². The van der Waals surface area contributed by atoms with Gasteiger partial charge in [0.2, 0.25) is 0 Å². The van der Waals surface area contributed by atoms with Crippen LogP contribution in [0.15, 0.2) is 42.8 Å². The van der Waals surface area contributed by atoms with Crippen LogP contribution < -0.4 is 16.0 Å². The maximum atomic E-state index is 11.9. The quantitative estimate of drug-likeness (QED) is 0.330. The normalized spacial score (nSPS) is 9.97. The fraction of sp³-hybridized carbons (Fsp3) is 0.188. The molecule has 0 aliphatic heterocycles. The Morgan fingerprint density at radius 1 is 0.793 bits per heavy atom. The highest BCUT2D eigenvalue weighted by Crippen LogP contribution is 2.27. The third-order valence-corrected chi connectivity index (χ3v) is 2.71. The summed E-state index contributed by atoms with van der Waals surface area (Å²) < 4.78 is 31.6. The molecular weight excluding hydrogens is 406 g/mol. The molecule has 3 amide bonds. The predicted octanol–water partition coefficient (Wildman–Crippen LogP) is 1.37. The average Bonchev–Trinajstić information content (AvgIpc) is 2.55. The van der Waals surface area contributed by atoms with E-state index in [1.54, 1.807) is 0 Å². The van der Waals surface area contributed by atoms with E-state index in [-0.39, 0.29) is 34.0 Å². The molecule has 0 fully saturated rings. The van der Waals surface area contributed by atoms with E-state index < -0.39 is 28.1 Å². The van der Waals surface area contributed by atoms with Crippen LogP contribution in [-0.2, 0) is 24.8 Å². The first kappa shape index (κ1) is 25.6. The van der Waals surface area contributed by atoms with Gasteiger partial charge in [0.25, 0.3) is 17.7 Å². The number of nitrogens with zero attached hydrogens (tertiary/aromatic N) is 2. The van der Waals surface area contributed by atoms with E-state index in [1.807, 2.05) is 0 Å². The minimum atomic E-state index is -4.67. The van der Waals surface area contributed by atoms with Crippen LogP contribution in [0.2, 0.25) is 0 Å². The van der Waals surface area contributed by atoms with E-state index >= 15 is 0 Å². The fourth-order valence-corrected chi connectivity index (χ4v) is 1.34. The Bertz CT molecular complexity index is 916. The van der Waals surface area contributed by atoms with Crippen molar-refractivity contribution >= 4 is 45.4 Å². The van der Waals surface area contributed by atoms with Crippen LogP contribution >= 0.6 is 0 Å². The van der Waals surface area contributed by atoms with Gasteiger partial charge >= 0.3 is 10.4 Å². The van der Waals surface area contributed by atoms with Gasteiger partial charge in [-0.3, -0.25) is 23.5 Å². The van der Waals surface area contributed by atoms with E-state index in [1.165, 1.54) is 20.8 Å². The van der Waals surface area contributed by atoms with Gasteiger partial charge < -0.3 is 16.0 Å². The zero-order valence-electron chi connectivity index (χ0n) is 15.9. The first-order valence-electron chi connectivity index (χ1n) is 7.59. The van der Waals surface area contributed by atoms with E-state index in [4.69, 9.17) is 17.5 Å². The van der Waals surface area contributed by atoms with Crippen molar-refractivity contribution in [2.75, 3.05) is 16.0 Å². The summed E-state index contributed by atoms with van der Waals surface area (Å²) in [6, 6.07) is 0. The molecule has 0 aliphatic rings. The van der Waals surface area contributed by atoms with Crippen LogP contribution in [0.5, 0.6) is 0 Å². The zero-order chi connectivity index (χ0) is 22.9. The number of amides is 3. The average molecular weight is 427 g/mol. The standard InChI is InChI=1S/C16H19N5O3.H2O4S/c1-8(2)14(22)19-11-12(20-15(23)9(3)4)17-7-18-13(11)21-16(24)10(5)6;1-5(2,3)4/h7H,1,3,5H2,2,4,6H3,(H,19,22)(H2,17,18,20,21,23,24);(H2,1,2,3,4). The smallest absolute Gasteiger partial charge is 0.316 e. The number of nitrogens with one attached hydrogen (secondary N) is 3. The van der Waals surface area contributed by atoms with Crippen molar-refractivity contribution in [3.8, 4) is 0 Å². The lowest BCUT2D eigenvalue weighted by Crippen LogP contribution is -2.21. The summed E-state index contributed by atoms with van der Waals surface area (Å²) in [7, 11) is -4.67. The maximum absolute atomic E-state index is 11.9. The van der Waals surface area contributed by atoms with E-state index in [2.05, 4.69) is 45.7 Å². The molecule has 1 aromatic rings. The van der Waals surface area contributed by atoms with E-state index in [0.29, 0.717) is 0 Å². The van der Waals surface area contributed by atoms with Crippen molar-refractivity contribution in [2.24, 2.45) is 0 Å². The molecule has 0 spiro atoms. The molecule has 0 saturated carbocycles. The summed E-state index contributed by atoms with van der Waals surface area (Å²) in [6.45, 7) is 15.1. The third-order valence-electron chi connectivity index (χ3n) is 2.71. The summed E-state index contributed by atoms with van der Waals surface area (Å²) in [5, 5.41) is 7.49. The van der Waals surface area contributed by atoms with Gasteiger partial charge in [0.05, 0.1) is 0 Å². The van der Waals surface area contributed by atoms with Crippen LogP contribution in [0.25, 0.3) is 0 Å². The van der Waals surface area contributed by atoms with Crippen molar-refractivity contribution in [1.82, 2.24) is 9.97 Å². The van der Waals surface area contributed by atoms with Gasteiger partial charge in [-0.1, -0.05) is 19.7 Å². The van der Waals surface area contributed by atoms with Crippen molar-refractivity contribution < 1.29 is 31.9 Å². The summed E-state index contributed by atoms with van der Waals surface area (Å²) >= 11 is 0. The number of carbonyl (C=O) groups excluding carboxylic acids is 3. The van der Waals surface area contributed by atoms with Crippen LogP contribution in [0.4, 0.5) is 17.3 Å². The molecular formula is C16H21N5O7S. The topological polar surface area (TPSA) is 188 Å². The second-order valence-corrected chi connectivity index (χ2v) is 6.49. The Morgan fingerprint density at radius 2 is 1.07 bits per heavy atom. The number of aromatic nitrogens is 2. The van der Waals surface area contributed by atoms with Crippen LogP contribution in [0.1, 0.15) is 20.8 Å². The molecule has 0 aromatic carbocycles. The summed E-state index contributed by atoms with van der Waals surface area (Å²) in [5.74, 6) is -1.45. The van der Waals surface area contributed by atoms with Gasteiger partial charge in [-0.2, -0.15) is 8.42 Å². The molecule has 1 rings (SSSR count). The van der Waals surface area contributed by atoms with Gasteiger partial charge in [-0.25, -0.2) is 9.97 Å². The monoisotopic (exact) mass is 427 g/mol. The lowest BCUT2D eigenvalue weighted by molar-refractivity contribution is -0.113. The Labute approximate surface area is 167 Å². The molecule has 0 radical (unpaired) electrons. The molecule has 12 nitrogen and oxygen atoms in total. The summed E-state index contributed by atoms with van der Waals surface area (Å²) in [5.41, 5.74) is 0.763. The Kier molecular flexibility index (Phi) is 9.52.